The number of hydrogen-bond acceptors (Lipinski definition) is 11. The molecule has 0 saturated carbocycles. The summed E-state index contributed by atoms with van der Waals surface area (Å²) < 4.78 is 4.35. The van der Waals surface area contributed by atoms with Crippen LogP contribution in [0.15, 0.2) is 95.9 Å². The van der Waals surface area contributed by atoms with Gasteiger partial charge in [0.15, 0.2) is 0 Å². The number of carbonyl (C=O) groups excluding carboxylic acids is 4. The summed E-state index contributed by atoms with van der Waals surface area (Å²) in [6.07, 6.45) is 7.53. The summed E-state index contributed by atoms with van der Waals surface area (Å²) in [6, 6.07) is 17.9. The zero-order valence-electron chi connectivity index (χ0n) is 28.5. The van der Waals surface area contributed by atoms with Crippen LogP contribution < -0.4 is 21.3 Å². The minimum absolute atomic E-state index is 0.00385. The molecule has 2 aromatic carbocycles. The van der Waals surface area contributed by atoms with E-state index < -0.39 is 23.0 Å². The Kier molecular flexibility index (Phi) is 20.9. The molecule has 0 aromatic heterocycles. The number of ether oxygens (including phenoxy) is 1. The van der Waals surface area contributed by atoms with E-state index in [1.54, 1.807) is 13.2 Å². The lowest BCUT2D eigenvalue weighted by Crippen LogP contribution is -2.50. The highest BCUT2D eigenvalue weighted by molar-refractivity contribution is 7.80. The van der Waals surface area contributed by atoms with Crippen molar-refractivity contribution < 1.29 is 28.8 Å². The predicted molar refractivity (Wildman–Crippen MR) is 201 cm³/mol. The van der Waals surface area contributed by atoms with E-state index in [-0.39, 0.29) is 53.6 Å². The van der Waals surface area contributed by atoms with Crippen LogP contribution in [0.5, 0.6) is 0 Å². The molecule has 2 aromatic rings. The van der Waals surface area contributed by atoms with Gasteiger partial charge in [-0.2, -0.15) is 25.3 Å². The van der Waals surface area contributed by atoms with E-state index >= 15 is 0 Å². The molecule has 3 rings (SSSR count). The van der Waals surface area contributed by atoms with Crippen molar-refractivity contribution in [2.24, 2.45) is 0 Å². The molecule has 0 spiro atoms. The van der Waals surface area contributed by atoms with Gasteiger partial charge in [-0.15, -0.1) is 0 Å². The van der Waals surface area contributed by atoms with Gasteiger partial charge in [-0.05, 0) is 43.7 Å². The fraction of sp³-hybridized carbons (Fsp3) is 0.343. The smallest absolute Gasteiger partial charge is 0.329 e. The zero-order valence-corrected chi connectivity index (χ0v) is 30.3. The quantitative estimate of drug-likeness (QED) is 0.0451. The Morgan fingerprint density at radius 3 is 2.04 bits per heavy atom. The Morgan fingerprint density at radius 1 is 0.960 bits per heavy atom. The number of methoxy groups -OCH3 is 1. The second kappa shape index (κ2) is 24.3. The molecular weight excluding hydrogens is 681 g/mol. The minimum atomic E-state index is -0.754. The van der Waals surface area contributed by atoms with Crippen molar-refractivity contribution in [3.63, 3.8) is 0 Å². The first-order chi connectivity index (χ1) is 24.0. The van der Waals surface area contributed by atoms with Gasteiger partial charge in [-0.3, -0.25) is 29.9 Å². The van der Waals surface area contributed by atoms with E-state index in [0.29, 0.717) is 24.9 Å². The molecule has 3 atom stereocenters. The standard InChI is InChI=1S/C29H33N5O4.C5H9NO3S.CH4S/c1-3-23-26(34(37)38)15-14-24(28(23)30)31-17-16-27(35)33-25(19-22-12-8-5-9-13-22)29(36)32-20(2)18-21-10-6-4-7-11-21;1-9-5(8)4(2-10)6-3-7;1-2/h3-15,20,25,30-31H,16-19H2,1-2H3,(H,32,36)(H,33,35);3-4,10H,2H2,1H3,(H,6,7);2H,1H3/b23-3+,30-28?;;. The second-order valence-corrected chi connectivity index (χ2v) is 11.0. The van der Waals surface area contributed by atoms with Gasteiger partial charge in [0.05, 0.1) is 29.0 Å². The molecule has 3 amide bonds. The van der Waals surface area contributed by atoms with E-state index in [1.165, 1.54) is 25.3 Å². The Labute approximate surface area is 303 Å². The van der Waals surface area contributed by atoms with Gasteiger partial charge in [0.2, 0.25) is 18.2 Å². The van der Waals surface area contributed by atoms with Crippen molar-refractivity contribution in [3.8, 4) is 0 Å². The maximum atomic E-state index is 13.2. The SMILES string of the molecule is C/C=C1/C(=N)C(NCCC(=O)NC(Cc2ccccc2)C(=O)NC(C)Cc2ccccc2)=CC=C1[N+](=O)[O-].COC(=O)C(CS)NC=O.CS. The molecule has 1 aliphatic carbocycles. The summed E-state index contributed by atoms with van der Waals surface area (Å²) in [7, 11) is 1.26. The first kappa shape index (κ1) is 43.1. The molecule has 0 aliphatic heterocycles. The van der Waals surface area contributed by atoms with Crippen molar-refractivity contribution in [1.29, 1.82) is 5.41 Å². The fourth-order valence-corrected chi connectivity index (χ4v) is 4.88. The summed E-state index contributed by atoms with van der Waals surface area (Å²) in [5, 5.41) is 30.6. The van der Waals surface area contributed by atoms with Crippen molar-refractivity contribution >= 4 is 55.2 Å². The molecule has 13 nitrogen and oxygen atoms in total. The van der Waals surface area contributed by atoms with Crippen LogP contribution in [0.3, 0.4) is 0 Å². The fourth-order valence-electron chi connectivity index (χ4n) is 4.63. The highest BCUT2D eigenvalue weighted by atomic mass is 32.1. The zero-order chi connectivity index (χ0) is 37.5. The lowest BCUT2D eigenvalue weighted by molar-refractivity contribution is -0.420. The number of carbonyl (C=O) groups is 4. The van der Waals surface area contributed by atoms with Crippen molar-refractivity contribution in [2.45, 2.75) is 51.2 Å². The summed E-state index contributed by atoms with van der Waals surface area (Å²) in [6.45, 7) is 3.76. The Balaban J connectivity index is 0.000000895. The van der Waals surface area contributed by atoms with E-state index in [4.69, 9.17) is 5.41 Å². The van der Waals surface area contributed by atoms with E-state index in [1.807, 2.05) is 67.6 Å². The topological polar surface area (TPSA) is 193 Å². The van der Waals surface area contributed by atoms with E-state index in [2.05, 4.69) is 51.3 Å². The first-order valence-corrected chi connectivity index (χ1v) is 17.1. The van der Waals surface area contributed by atoms with Crippen LogP contribution >= 0.6 is 25.3 Å². The van der Waals surface area contributed by atoms with E-state index in [0.717, 1.165) is 11.1 Å². The number of nitrogens with one attached hydrogen (secondary N) is 5. The number of allylic oxidation sites excluding steroid dienone is 5. The van der Waals surface area contributed by atoms with E-state index in [9.17, 15) is 29.3 Å². The average molecular weight is 727 g/mol. The predicted octanol–water partition coefficient (Wildman–Crippen LogP) is 3.21. The lowest BCUT2D eigenvalue weighted by atomic mass is 9.99. The second-order valence-electron chi connectivity index (χ2n) is 10.6. The number of esters is 1. The van der Waals surface area contributed by atoms with Crippen molar-refractivity contribution in [3.05, 3.63) is 117 Å². The molecule has 3 unspecified atom stereocenters. The van der Waals surface area contributed by atoms with Crippen molar-refractivity contribution in [2.75, 3.05) is 25.7 Å². The van der Waals surface area contributed by atoms with Gasteiger partial charge in [-0.25, -0.2) is 4.79 Å². The van der Waals surface area contributed by atoms with Crippen LogP contribution in [0.4, 0.5) is 0 Å². The molecule has 50 heavy (non-hydrogen) atoms. The van der Waals surface area contributed by atoms with Crippen molar-refractivity contribution in [1.82, 2.24) is 21.3 Å². The number of benzene rings is 2. The minimum Gasteiger partial charge on any atom is -0.467 e. The molecule has 0 saturated heterocycles. The molecule has 1 aliphatic rings. The highest BCUT2D eigenvalue weighted by Gasteiger charge is 2.27. The molecular formula is C35H46N6O7S2. The number of nitrogens with zero attached hydrogens (tertiary/aromatic N) is 1. The molecule has 0 heterocycles. The highest BCUT2D eigenvalue weighted by Crippen LogP contribution is 2.20. The molecule has 0 bridgehead atoms. The molecule has 0 radical (unpaired) electrons. The first-order valence-electron chi connectivity index (χ1n) is 15.6. The number of amides is 3. The van der Waals surface area contributed by atoms with Gasteiger partial charge in [-0.1, -0.05) is 66.7 Å². The average Bonchev–Trinajstić information content (AvgIpc) is 3.12. The number of hydrogen-bond donors (Lipinski definition) is 7. The third-order valence-corrected chi connectivity index (χ3v) is 7.39. The van der Waals surface area contributed by atoms with Crippen LogP contribution in [-0.2, 0) is 36.8 Å². The van der Waals surface area contributed by atoms with Gasteiger partial charge in [0.1, 0.15) is 12.1 Å². The maximum absolute atomic E-state index is 13.2. The maximum Gasteiger partial charge on any atom is 0.329 e. The van der Waals surface area contributed by atoms with Gasteiger partial charge >= 0.3 is 5.97 Å². The largest absolute Gasteiger partial charge is 0.467 e. The Hall–Kier alpha value is -4.89. The third-order valence-electron chi connectivity index (χ3n) is 7.02. The normalized spacial score (nSPS) is 14.4. The molecule has 270 valence electrons. The summed E-state index contributed by atoms with van der Waals surface area (Å²) in [5.74, 6) is -0.821. The Bertz CT molecular complexity index is 1520. The van der Waals surface area contributed by atoms with Crippen LogP contribution in [0.25, 0.3) is 0 Å². The van der Waals surface area contributed by atoms with Crippen LogP contribution in [0.1, 0.15) is 31.4 Å². The Morgan fingerprint density at radius 2 is 1.54 bits per heavy atom. The van der Waals surface area contributed by atoms with Crippen LogP contribution in [0, 0.1) is 15.5 Å². The summed E-state index contributed by atoms with van der Waals surface area (Å²) in [5.41, 5.74) is 2.50. The molecule has 0 fully saturated rings. The monoisotopic (exact) mass is 726 g/mol. The van der Waals surface area contributed by atoms with Crippen LogP contribution in [0.2, 0.25) is 0 Å². The number of thiol groups is 2. The summed E-state index contributed by atoms with van der Waals surface area (Å²) >= 11 is 7.35. The molecule has 15 heteroatoms. The van der Waals surface area contributed by atoms with Gasteiger partial charge in [0.25, 0.3) is 5.70 Å². The molecule has 5 N–H and O–H groups in total. The van der Waals surface area contributed by atoms with Gasteiger partial charge < -0.3 is 26.0 Å². The van der Waals surface area contributed by atoms with Crippen LogP contribution in [-0.4, -0.2) is 78.6 Å². The summed E-state index contributed by atoms with van der Waals surface area (Å²) in [4.78, 5) is 57.1. The third kappa shape index (κ3) is 15.1. The number of rotatable bonds is 16. The number of nitro groups is 1. The van der Waals surface area contributed by atoms with Gasteiger partial charge in [0, 0.05) is 37.3 Å². The lowest BCUT2D eigenvalue weighted by Gasteiger charge is -2.22.